The van der Waals surface area contributed by atoms with Crippen LogP contribution in [0.3, 0.4) is 0 Å². The Morgan fingerprint density at radius 3 is 0.778 bits per heavy atom. The van der Waals surface area contributed by atoms with Crippen molar-refractivity contribution in [3.05, 3.63) is 0 Å². The predicted molar refractivity (Wildman–Crippen MR) is 191 cm³/mol. The van der Waals surface area contributed by atoms with Crippen molar-refractivity contribution in [2.75, 3.05) is 39.3 Å². The third-order valence-corrected chi connectivity index (χ3v) is 9.61. The Labute approximate surface area is 279 Å². The van der Waals surface area contributed by atoms with Crippen molar-refractivity contribution in [1.82, 2.24) is 14.7 Å². The summed E-state index contributed by atoms with van der Waals surface area (Å²) in [4.78, 5) is 40.0. The van der Waals surface area contributed by atoms with Gasteiger partial charge in [-0.2, -0.15) is 0 Å². The highest BCUT2D eigenvalue weighted by molar-refractivity contribution is 5.78. The van der Waals surface area contributed by atoms with E-state index in [9.17, 15) is 14.4 Å². The van der Waals surface area contributed by atoms with Gasteiger partial charge in [-0.25, -0.2) is 0 Å². The van der Waals surface area contributed by atoms with Gasteiger partial charge in [-0.1, -0.05) is 136 Å². The lowest BCUT2D eigenvalue weighted by Crippen LogP contribution is -2.25. The van der Waals surface area contributed by atoms with Gasteiger partial charge in [0.2, 0.25) is 17.7 Å². The van der Waals surface area contributed by atoms with E-state index in [0.717, 1.165) is 77.8 Å². The van der Waals surface area contributed by atoms with Crippen LogP contribution in [0.1, 0.15) is 194 Å². The highest BCUT2D eigenvalue weighted by Gasteiger charge is 2.20. The van der Waals surface area contributed by atoms with Gasteiger partial charge >= 0.3 is 0 Å². The zero-order chi connectivity index (χ0) is 32.8. The van der Waals surface area contributed by atoms with Crippen LogP contribution in [0.2, 0.25) is 0 Å². The lowest BCUT2D eigenvalue weighted by Gasteiger charge is -2.14. The second kappa shape index (κ2) is 29.8. The summed E-state index contributed by atoms with van der Waals surface area (Å²) in [6.45, 7) is 12.8. The van der Waals surface area contributed by atoms with Gasteiger partial charge in [-0.15, -0.1) is 0 Å². The van der Waals surface area contributed by atoms with Gasteiger partial charge in [0.1, 0.15) is 0 Å². The highest BCUT2D eigenvalue weighted by Crippen LogP contribution is 2.15. The van der Waals surface area contributed by atoms with E-state index in [-0.39, 0.29) is 0 Å². The molecule has 0 bridgehead atoms. The number of unbranched alkanes of at least 4 members (excludes halogenated alkanes) is 18. The van der Waals surface area contributed by atoms with Crippen LogP contribution in [0.4, 0.5) is 0 Å². The van der Waals surface area contributed by atoms with Crippen LogP contribution in [0.25, 0.3) is 0 Å². The summed E-state index contributed by atoms with van der Waals surface area (Å²) in [6.07, 6.45) is 33.6. The Balaban J connectivity index is 0.000000338. The smallest absolute Gasteiger partial charge is 0.222 e. The molecule has 0 atom stereocenters. The molecule has 0 unspecified atom stereocenters. The molecular weight excluding hydrogens is 558 g/mol. The molecule has 0 aromatic carbocycles. The fraction of sp³-hybridized carbons (Fsp3) is 0.923. The number of carbonyl (C=O) groups is 3. The monoisotopic (exact) mass is 634 g/mol. The van der Waals surface area contributed by atoms with Gasteiger partial charge in [0.25, 0.3) is 0 Å². The Morgan fingerprint density at radius 1 is 0.356 bits per heavy atom. The largest absolute Gasteiger partial charge is 0.343 e. The number of likely N-dealkylation sites (tertiary alicyclic amines) is 3. The quantitative estimate of drug-likeness (QED) is 0.0994. The number of hydrogen-bond donors (Lipinski definition) is 0. The van der Waals surface area contributed by atoms with E-state index in [1.165, 1.54) is 135 Å². The Kier molecular flexibility index (Phi) is 27.4. The van der Waals surface area contributed by atoms with Gasteiger partial charge in [0, 0.05) is 58.5 Å². The molecule has 0 aliphatic carbocycles. The van der Waals surface area contributed by atoms with E-state index >= 15 is 0 Å². The van der Waals surface area contributed by atoms with E-state index in [1.807, 2.05) is 14.7 Å². The molecule has 0 aromatic rings. The summed E-state index contributed by atoms with van der Waals surface area (Å²) < 4.78 is 0. The molecule has 45 heavy (non-hydrogen) atoms. The molecule has 6 heteroatoms. The molecule has 3 aliphatic rings. The van der Waals surface area contributed by atoms with Crippen LogP contribution < -0.4 is 0 Å². The van der Waals surface area contributed by atoms with Crippen LogP contribution in [0.5, 0.6) is 0 Å². The SMILES string of the molecule is CCCCCCCCCCN1CCCC1=O.CCCCCCCCCN1CCCC1=O.CCCCCCCCN1CCCC1=O. The van der Waals surface area contributed by atoms with Crippen molar-refractivity contribution in [3.8, 4) is 0 Å². The Morgan fingerprint density at radius 2 is 0.578 bits per heavy atom. The predicted octanol–water partition coefficient (Wildman–Crippen LogP) is 10.1. The fourth-order valence-electron chi connectivity index (χ4n) is 6.60. The molecule has 264 valence electrons. The first-order chi connectivity index (χ1) is 22.0. The molecule has 3 rings (SSSR count). The van der Waals surface area contributed by atoms with Crippen molar-refractivity contribution in [3.63, 3.8) is 0 Å². The van der Waals surface area contributed by atoms with Crippen LogP contribution in [-0.2, 0) is 14.4 Å². The average molecular weight is 634 g/mol. The molecule has 0 radical (unpaired) electrons. The maximum Gasteiger partial charge on any atom is 0.222 e. The van der Waals surface area contributed by atoms with E-state index < -0.39 is 0 Å². The number of amides is 3. The second-order valence-corrected chi connectivity index (χ2v) is 13.8. The third-order valence-electron chi connectivity index (χ3n) is 9.61. The summed E-state index contributed by atoms with van der Waals surface area (Å²) in [5.41, 5.74) is 0. The van der Waals surface area contributed by atoms with Crippen molar-refractivity contribution >= 4 is 17.7 Å². The molecule has 0 spiro atoms. The normalized spacial score (nSPS) is 16.3. The topological polar surface area (TPSA) is 60.9 Å². The Bertz CT molecular complexity index is 728. The van der Waals surface area contributed by atoms with Crippen molar-refractivity contribution < 1.29 is 14.4 Å². The fourth-order valence-corrected chi connectivity index (χ4v) is 6.60. The third kappa shape index (κ3) is 22.6. The first-order valence-electron chi connectivity index (χ1n) is 19.9. The zero-order valence-corrected chi connectivity index (χ0v) is 30.4. The van der Waals surface area contributed by atoms with Crippen molar-refractivity contribution in [2.24, 2.45) is 0 Å². The molecule has 0 aromatic heterocycles. The molecule has 3 heterocycles. The van der Waals surface area contributed by atoms with E-state index in [2.05, 4.69) is 20.8 Å². The van der Waals surface area contributed by atoms with E-state index in [4.69, 9.17) is 0 Å². The van der Waals surface area contributed by atoms with Crippen LogP contribution in [0.15, 0.2) is 0 Å². The summed E-state index contributed by atoms with van der Waals surface area (Å²) in [5.74, 6) is 1.13. The van der Waals surface area contributed by atoms with Gasteiger partial charge in [-0.3, -0.25) is 14.4 Å². The minimum Gasteiger partial charge on any atom is -0.343 e. The molecule has 3 aliphatic heterocycles. The number of carbonyl (C=O) groups excluding carboxylic acids is 3. The Hall–Kier alpha value is -1.59. The van der Waals surface area contributed by atoms with Crippen LogP contribution >= 0.6 is 0 Å². The molecule has 0 N–H and O–H groups in total. The standard InChI is InChI=1S/C14H27NO.C13H25NO.C12H23NO/c1-2-3-4-5-6-7-8-9-12-15-13-10-11-14(15)16;1-2-3-4-5-6-7-8-11-14-12-9-10-13(14)15;1-2-3-4-5-6-7-10-13-11-8-9-12(13)14/h2-13H2,1H3;2-12H2,1H3;2-11H2,1H3. The first kappa shape index (κ1) is 41.4. The summed E-state index contributed by atoms with van der Waals surface area (Å²) in [5, 5.41) is 0. The van der Waals surface area contributed by atoms with E-state index in [1.54, 1.807) is 0 Å². The molecule has 6 nitrogen and oxygen atoms in total. The maximum absolute atomic E-state index is 11.3. The highest BCUT2D eigenvalue weighted by atomic mass is 16.2. The maximum atomic E-state index is 11.3. The average Bonchev–Trinajstić information content (AvgIpc) is 3.77. The molecule has 0 saturated carbocycles. The van der Waals surface area contributed by atoms with Crippen molar-refractivity contribution in [2.45, 2.75) is 194 Å². The minimum absolute atomic E-state index is 0.374. The first-order valence-corrected chi connectivity index (χ1v) is 19.9. The molecule has 3 saturated heterocycles. The lowest BCUT2D eigenvalue weighted by atomic mass is 10.1. The van der Waals surface area contributed by atoms with Crippen molar-refractivity contribution in [1.29, 1.82) is 0 Å². The second-order valence-electron chi connectivity index (χ2n) is 13.8. The van der Waals surface area contributed by atoms with Gasteiger partial charge < -0.3 is 14.7 Å². The van der Waals surface area contributed by atoms with Crippen LogP contribution in [-0.4, -0.2) is 71.7 Å². The zero-order valence-electron chi connectivity index (χ0n) is 30.4. The minimum atomic E-state index is 0.374. The lowest BCUT2D eigenvalue weighted by molar-refractivity contribution is -0.128. The molecular formula is C39H75N3O3. The van der Waals surface area contributed by atoms with E-state index in [0.29, 0.717) is 17.7 Å². The van der Waals surface area contributed by atoms with Gasteiger partial charge in [-0.05, 0) is 38.5 Å². The van der Waals surface area contributed by atoms with Gasteiger partial charge in [0.15, 0.2) is 0 Å². The number of hydrogen-bond acceptors (Lipinski definition) is 3. The summed E-state index contributed by atoms with van der Waals surface area (Å²) in [7, 11) is 0. The number of nitrogens with zero attached hydrogens (tertiary/aromatic N) is 3. The van der Waals surface area contributed by atoms with Gasteiger partial charge in [0.05, 0.1) is 0 Å². The summed E-state index contributed by atoms with van der Waals surface area (Å²) >= 11 is 0. The summed E-state index contributed by atoms with van der Waals surface area (Å²) in [6, 6.07) is 0. The molecule has 3 amide bonds. The van der Waals surface area contributed by atoms with Crippen LogP contribution in [0, 0.1) is 0 Å². The molecule has 3 fully saturated rings. The number of rotatable bonds is 24.